The van der Waals surface area contributed by atoms with E-state index in [0.29, 0.717) is 17.7 Å². The zero-order valence-electron chi connectivity index (χ0n) is 11.6. The highest BCUT2D eigenvalue weighted by atomic mass is 35.5. The fourth-order valence-corrected chi connectivity index (χ4v) is 1.59. The van der Waals surface area contributed by atoms with Gasteiger partial charge in [0.25, 0.3) is 0 Å². The smallest absolute Gasteiger partial charge is 0.155 e. The average Bonchev–Trinajstić information content (AvgIpc) is 2.33. The first-order valence-corrected chi connectivity index (χ1v) is 6.71. The summed E-state index contributed by atoms with van der Waals surface area (Å²) in [7, 11) is 0. The fourth-order valence-electron chi connectivity index (χ4n) is 1.41. The van der Waals surface area contributed by atoms with Crippen molar-refractivity contribution in [3.8, 4) is 0 Å². The molecule has 0 bridgehead atoms. The fraction of sp³-hybridized carbons (Fsp3) is 0.692. The van der Waals surface area contributed by atoms with Gasteiger partial charge in [0, 0.05) is 13.2 Å². The van der Waals surface area contributed by atoms with Gasteiger partial charge in [0.1, 0.15) is 0 Å². The average molecular weight is 272 g/mol. The minimum absolute atomic E-state index is 0.464. The molecular weight excluding hydrogens is 250 g/mol. The van der Waals surface area contributed by atoms with Crippen molar-refractivity contribution in [1.29, 1.82) is 0 Å². The van der Waals surface area contributed by atoms with Gasteiger partial charge >= 0.3 is 0 Å². The minimum Gasteiger partial charge on any atom is -0.380 e. The molecule has 0 aliphatic rings. The zero-order valence-corrected chi connectivity index (χ0v) is 12.3. The van der Waals surface area contributed by atoms with E-state index in [9.17, 15) is 0 Å². The van der Waals surface area contributed by atoms with Gasteiger partial charge in [0.15, 0.2) is 11.0 Å². The maximum atomic E-state index is 5.89. The minimum atomic E-state index is 0.464. The van der Waals surface area contributed by atoms with Crippen LogP contribution >= 0.6 is 11.6 Å². The molecule has 18 heavy (non-hydrogen) atoms. The number of halogens is 1. The van der Waals surface area contributed by atoms with Gasteiger partial charge in [0.05, 0.1) is 6.61 Å². The molecule has 0 fully saturated rings. The van der Waals surface area contributed by atoms with E-state index in [1.54, 1.807) is 0 Å². The molecule has 5 heteroatoms. The summed E-state index contributed by atoms with van der Waals surface area (Å²) in [4.78, 5) is 0. The van der Waals surface area contributed by atoms with Crippen molar-refractivity contribution in [2.24, 2.45) is 5.92 Å². The molecule has 1 aromatic rings. The summed E-state index contributed by atoms with van der Waals surface area (Å²) in [5, 5.41) is 11.6. The molecule has 0 aliphatic heterocycles. The normalized spacial score (nSPS) is 11.0. The Morgan fingerprint density at radius 2 is 1.89 bits per heavy atom. The summed E-state index contributed by atoms with van der Waals surface area (Å²) < 4.78 is 5.52. The van der Waals surface area contributed by atoms with E-state index >= 15 is 0 Å². The van der Waals surface area contributed by atoms with Crippen LogP contribution in [0.15, 0.2) is 0 Å². The van der Waals surface area contributed by atoms with E-state index in [1.165, 1.54) is 0 Å². The highest BCUT2D eigenvalue weighted by molar-refractivity contribution is 6.30. The molecule has 0 atom stereocenters. The van der Waals surface area contributed by atoms with Gasteiger partial charge in [-0.25, -0.2) is 0 Å². The van der Waals surface area contributed by atoms with E-state index in [0.717, 1.165) is 36.5 Å². The highest BCUT2D eigenvalue weighted by Gasteiger charge is 2.07. The molecule has 0 radical (unpaired) electrons. The van der Waals surface area contributed by atoms with Crippen LogP contribution in [0.2, 0.25) is 5.15 Å². The van der Waals surface area contributed by atoms with Crippen LogP contribution in [0.4, 0.5) is 5.82 Å². The summed E-state index contributed by atoms with van der Waals surface area (Å²) in [6.07, 6.45) is 1.10. The lowest BCUT2D eigenvalue weighted by atomic mass is 10.1. The van der Waals surface area contributed by atoms with Crippen molar-refractivity contribution in [1.82, 2.24) is 10.2 Å². The lowest BCUT2D eigenvalue weighted by Crippen LogP contribution is -2.13. The Bertz CT molecular complexity index is 383. The Hall–Kier alpha value is -0.870. The predicted octanol–water partition coefficient (Wildman–Crippen LogP) is 3.22. The van der Waals surface area contributed by atoms with E-state index in [1.807, 2.05) is 13.8 Å². The number of aromatic nitrogens is 2. The molecule has 1 heterocycles. The highest BCUT2D eigenvalue weighted by Crippen LogP contribution is 2.20. The summed E-state index contributed by atoms with van der Waals surface area (Å²) in [5.41, 5.74) is 2.01. The Morgan fingerprint density at radius 3 is 2.56 bits per heavy atom. The molecule has 1 rings (SSSR count). The van der Waals surface area contributed by atoms with Gasteiger partial charge < -0.3 is 10.1 Å². The van der Waals surface area contributed by atoms with Crippen LogP contribution in [0.5, 0.6) is 0 Å². The Morgan fingerprint density at radius 1 is 1.17 bits per heavy atom. The first-order valence-electron chi connectivity index (χ1n) is 6.33. The molecule has 0 saturated carbocycles. The van der Waals surface area contributed by atoms with E-state index in [2.05, 4.69) is 29.4 Å². The van der Waals surface area contributed by atoms with Crippen LogP contribution in [0.1, 0.15) is 31.4 Å². The van der Waals surface area contributed by atoms with E-state index in [4.69, 9.17) is 16.3 Å². The molecule has 1 N–H and O–H groups in total. The summed E-state index contributed by atoms with van der Waals surface area (Å²) in [6.45, 7) is 10.5. The van der Waals surface area contributed by atoms with Gasteiger partial charge in [-0.1, -0.05) is 25.4 Å². The number of ether oxygens (including phenoxy) is 1. The van der Waals surface area contributed by atoms with Gasteiger partial charge in [0.2, 0.25) is 0 Å². The van der Waals surface area contributed by atoms with E-state index in [-0.39, 0.29) is 0 Å². The van der Waals surface area contributed by atoms with Crippen LogP contribution in [-0.2, 0) is 4.74 Å². The van der Waals surface area contributed by atoms with Gasteiger partial charge in [-0.3, -0.25) is 0 Å². The third-order valence-electron chi connectivity index (χ3n) is 2.84. The first-order chi connectivity index (χ1) is 8.52. The van der Waals surface area contributed by atoms with Crippen molar-refractivity contribution >= 4 is 17.4 Å². The SMILES string of the molecule is Cc1c(Cl)nnc(NCCOCCC(C)C)c1C. The molecule has 0 unspecified atom stereocenters. The second kappa shape index (κ2) is 7.54. The van der Waals surface area contributed by atoms with Crippen molar-refractivity contribution in [3.05, 3.63) is 16.3 Å². The second-order valence-electron chi connectivity index (χ2n) is 4.81. The summed E-state index contributed by atoms with van der Waals surface area (Å²) in [5.74, 6) is 1.47. The van der Waals surface area contributed by atoms with E-state index < -0.39 is 0 Å². The van der Waals surface area contributed by atoms with Crippen molar-refractivity contribution in [2.45, 2.75) is 34.1 Å². The molecule has 0 saturated heterocycles. The Labute approximate surface area is 114 Å². The molecule has 102 valence electrons. The number of nitrogens with one attached hydrogen (secondary N) is 1. The second-order valence-corrected chi connectivity index (χ2v) is 5.17. The number of hydrogen-bond donors (Lipinski definition) is 1. The summed E-state index contributed by atoms with van der Waals surface area (Å²) >= 11 is 5.89. The van der Waals surface area contributed by atoms with Crippen molar-refractivity contribution < 1.29 is 4.74 Å². The lowest BCUT2D eigenvalue weighted by Gasteiger charge is -2.11. The topological polar surface area (TPSA) is 47.0 Å². The van der Waals surface area contributed by atoms with Gasteiger partial charge in [-0.05, 0) is 37.3 Å². The number of hydrogen-bond acceptors (Lipinski definition) is 4. The molecule has 0 amide bonds. The number of anilines is 1. The first kappa shape index (κ1) is 15.2. The Kier molecular flexibility index (Phi) is 6.36. The largest absolute Gasteiger partial charge is 0.380 e. The van der Waals surface area contributed by atoms with Crippen LogP contribution in [0.25, 0.3) is 0 Å². The van der Waals surface area contributed by atoms with Crippen LogP contribution in [0.3, 0.4) is 0 Å². The maximum absolute atomic E-state index is 5.89. The lowest BCUT2D eigenvalue weighted by molar-refractivity contribution is 0.132. The molecule has 0 aromatic carbocycles. The van der Waals surface area contributed by atoms with Crippen LogP contribution in [0, 0.1) is 19.8 Å². The monoisotopic (exact) mass is 271 g/mol. The molecule has 4 nitrogen and oxygen atoms in total. The van der Waals surface area contributed by atoms with Crippen molar-refractivity contribution in [3.63, 3.8) is 0 Å². The number of nitrogens with zero attached hydrogens (tertiary/aromatic N) is 2. The molecule has 0 aliphatic carbocycles. The molecule has 1 aromatic heterocycles. The predicted molar refractivity (Wildman–Crippen MR) is 75.3 cm³/mol. The quantitative estimate of drug-likeness (QED) is 0.774. The third-order valence-corrected chi connectivity index (χ3v) is 3.20. The molecular formula is C13H22ClN3O. The maximum Gasteiger partial charge on any atom is 0.155 e. The standard InChI is InChI=1S/C13H22ClN3O/c1-9(2)5-7-18-8-6-15-13-11(4)10(3)12(14)16-17-13/h9H,5-8H2,1-4H3,(H,15,17). The summed E-state index contributed by atoms with van der Waals surface area (Å²) in [6, 6.07) is 0. The van der Waals surface area contributed by atoms with Crippen molar-refractivity contribution in [2.75, 3.05) is 25.1 Å². The van der Waals surface area contributed by atoms with Gasteiger partial charge in [-0.2, -0.15) is 0 Å². The third kappa shape index (κ3) is 4.78. The number of rotatable bonds is 7. The Balaban J connectivity index is 2.30. The zero-order chi connectivity index (χ0) is 13.5. The van der Waals surface area contributed by atoms with Gasteiger partial charge in [-0.15, -0.1) is 10.2 Å². The molecule has 0 spiro atoms. The van der Waals surface area contributed by atoms with Crippen LogP contribution in [-0.4, -0.2) is 30.0 Å². The van der Waals surface area contributed by atoms with Crippen LogP contribution < -0.4 is 5.32 Å².